The van der Waals surface area contributed by atoms with Gasteiger partial charge in [-0.25, -0.2) is 0 Å². The van der Waals surface area contributed by atoms with Gasteiger partial charge in [-0.05, 0) is 44.9 Å². The molecule has 0 aromatic carbocycles. The Balaban J connectivity index is 4.28. The SMILES string of the molecule is CCCC/C=C\C/C=C\CCCCCCCC(=O)OC(COC(=O)CCCCCCCCCCCCC)COC(=O)CCCCCCCCCCCCCCCCCCCCC. The van der Waals surface area contributed by atoms with Gasteiger partial charge in [-0.2, -0.15) is 0 Å². The Kier molecular flexibility index (Phi) is 49.8. The van der Waals surface area contributed by atoms with Gasteiger partial charge in [0.15, 0.2) is 6.10 Å². The van der Waals surface area contributed by atoms with E-state index in [9.17, 15) is 14.4 Å². The van der Waals surface area contributed by atoms with Crippen molar-refractivity contribution in [3.05, 3.63) is 24.3 Å². The molecule has 0 fully saturated rings. The molecule has 1 unspecified atom stereocenters. The molecule has 0 aromatic heterocycles. The minimum absolute atomic E-state index is 0.0720. The van der Waals surface area contributed by atoms with Gasteiger partial charge in [0.2, 0.25) is 0 Å². The lowest BCUT2D eigenvalue weighted by Crippen LogP contribution is -2.30. The summed E-state index contributed by atoms with van der Waals surface area (Å²) in [5, 5.41) is 0. The maximum absolute atomic E-state index is 12.8. The molecule has 6 nitrogen and oxygen atoms in total. The lowest BCUT2D eigenvalue weighted by molar-refractivity contribution is -0.167. The summed E-state index contributed by atoms with van der Waals surface area (Å²) < 4.78 is 16.8. The van der Waals surface area contributed by atoms with Crippen LogP contribution in [0.25, 0.3) is 0 Å². The van der Waals surface area contributed by atoms with Crippen LogP contribution in [0.3, 0.4) is 0 Å². The lowest BCUT2D eigenvalue weighted by atomic mass is 10.0. The summed E-state index contributed by atoms with van der Waals surface area (Å²) in [6.45, 7) is 6.62. The van der Waals surface area contributed by atoms with Crippen molar-refractivity contribution in [3.8, 4) is 0 Å². The Labute approximate surface area is 385 Å². The minimum Gasteiger partial charge on any atom is -0.462 e. The van der Waals surface area contributed by atoms with Crippen LogP contribution in [0.2, 0.25) is 0 Å². The first-order valence-corrected chi connectivity index (χ1v) is 27.3. The van der Waals surface area contributed by atoms with Gasteiger partial charge in [0.1, 0.15) is 13.2 Å². The Morgan fingerprint density at radius 1 is 0.323 bits per heavy atom. The second-order valence-electron chi connectivity index (χ2n) is 18.5. The third-order valence-electron chi connectivity index (χ3n) is 12.2. The molecule has 0 aromatic rings. The summed E-state index contributed by atoms with van der Waals surface area (Å²) in [6.07, 6.45) is 58.8. The number of hydrogen-bond acceptors (Lipinski definition) is 6. The van der Waals surface area contributed by atoms with Gasteiger partial charge in [-0.3, -0.25) is 14.4 Å². The second kappa shape index (κ2) is 51.5. The van der Waals surface area contributed by atoms with Gasteiger partial charge in [-0.15, -0.1) is 0 Å². The zero-order valence-corrected chi connectivity index (χ0v) is 41.7. The van der Waals surface area contributed by atoms with Crippen molar-refractivity contribution in [3.63, 3.8) is 0 Å². The molecule has 0 aliphatic carbocycles. The third kappa shape index (κ3) is 48.9. The van der Waals surface area contributed by atoms with E-state index in [1.165, 1.54) is 173 Å². The van der Waals surface area contributed by atoms with Crippen LogP contribution in [-0.2, 0) is 28.6 Å². The monoisotopic (exact) mass is 873 g/mol. The molecule has 0 saturated heterocycles. The molecule has 6 heteroatoms. The van der Waals surface area contributed by atoms with Crippen LogP contribution >= 0.6 is 0 Å². The van der Waals surface area contributed by atoms with E-state index < -0.39 is 6.10 Å². The van der Waals surface area contributed by atoms with E-state index in [4.69, 9.17) is 14.2 Å². The van der Waals surface area contributed by atoms with Gasteiger partial charge in [0.05, 0.1) is 0 Å². The molecule has 0 aliphatic rings. The highest BCUT2D eigenvalue weighted by Crippen LogP contribution is 2.17. The van der Waals surface area contributed by atoms with Crippen LogP contribution in [0.1, 0.15) is 297 Å². The number of esters is 3. The average Bonchev–Trinajstić information content (AvgIpc) is 3.27. The molecule has 1 atom stereocenters. The van der Waals surface area contributed by atoms with Gasteiger partial charge >= 0.3 is 17.9 Å². The fourth-order valence-corrected chi connectivity index (χ4v) is 8.05. The number of hydrogen-bond donors (Lipinski definition) is 0. The fraction of sp³-hybridized carbons (Fsp3) is 0.875. The molecule has 0 bridgehead atoms. The maximum atomic E-state index is 12.8. The highest BCUT2D eigenvalue weighted by Gasteiger charge is 2.19. The molecule has 0 N–H and O–H groups in total. The van der Waals surface area contributed by atoms with E-state index in [2.05, 4.69) is 45.1 Å². The zero-order valence-electron chi connectivity index (χ0n) is 41.7. The summed E-state index contributed by atoms with van der Waals surface area (Å²) in [5.41, 5.74) is 0. The van der Waals surface area contributed by atoms with Crippen molar-refractivity contribution in [1.82, 2.24) is 0 Å². The highest BCUT2D eigenvalue weighted by molar-refractivity contribution is 5.71. The Morgan fingerprint density at radius 3 is 0.935 bits per heavy atom. The van der Waals surface area contributed by atoms with Crippen LogP contribution in [0.5, 0.6) is 0 Å². The van der Waals surface area contributed by atoms with Crippen molar-refractivity contribution < 1.29 is 28.6 Å². The molecule has 0 amide bonds. The molecule has 62 heavy (non-hydrogen) atoms. The molecule has 364 valence electrons. The van der Waals surface area contributed by atoms with E-state index in [1.807, 2.05) is 0 Å². The first kappa shape index (κ1) is 59.9. The van der Waals surface area contributed by atoms with E-state index in [1.54, 1.807) is 0 Å². The maximum Gasteiger partial charge on any atom is 0.306 e. The van der Waals surface area contributed by atoms with E-state index in [0.717, 1.165) is 83.5 Å². The predicted molar refractivity (Wildman–Crippen MR) is 266 cm³/mol. The van der Waals surface area contributed by atoms with Crippen LogP contribution in [0.15, 0.2) is 24.3 Å². The number of carbonyl (C=O) groups excluding carboxylic acids is 3. The number of unbranched alkanes of at least 4 members (excludes halogenated alkanes) is 35. The van der Waals surface area contributed by atoms with Gasteiger partial charge in [-0.1, -0.05) is 257 Å². The van der Waals surface area contributed by atoms with Crippen molar-refractivity contribution >= 4 is 17.9 Å². The standard InChI is InChI=1S/C56H104O6/c1-4-7-10-13-16-19-22-24-26-27-28-29-30-32-34-37-40-43-46-49-55(58)61-52-53(51-60-54(57)48-45-42-39-36-33-21-18-15-12-9-6-3)62-56(59)50-47-44-41-38-35-31-25-23-20-17-14-11-8-5-2/h14,17,23,25,53H,4-13,15-16,18-22,24,26-52H2,1-3H3/b17-14-,25-23-. The quantitative estimate of drug-likeness (QED) is 0.0262. The van der Waals surface area contributed by atoms with Gasteiger partial charge in [0, 0.05) is 19.3 Å². The first-order chi connectivity index (χ1) is 30.5. The van der Waals surface area contributed by atoms with Crippen LogP contribution in [-0.4, -0.2) is 37.2 Å². The summed E-state index contributed by atoms with van der Waals surface area (Å²) in [7, 11) is 0. The van der Waals surface area contributed by atoms with Gasteiger partial charge < -0.3 is 14.2 Å². The number of rotatable bonds is 50. The molecular formula is C56H104O6. The van der Waals surface area contributed by atoms with E-state index >= 15 is 0 Å². The third-order valence-corrected chi connectivity index (χ3v) is 12.2. The minimum atomic E-state index is -0.772. The second-order valence-corrected chi connectivity index (χ2v) is 18.5. The first-order valence-electron chi connectivity index (χ1n) is 27.3. The largest absolute Gasteiger partial charge is 0.462 e. The number of allylic oxidation sites excluding steroid dienone is 4. The van der Waals surface area contributed by atoms with Crippen LogP contribution in [0, 0.1) is 0 Å². The van der Waals surface area contributed by atoms with E-state index in [-0.39, 0.29) is 31.1 Å². The van der Waals surface area contributed by atoms with Crippen molar-refractivity contribution in [1.29, 1.82) is 0 Å². The molecule has 0 spiro atoms. The number of carbonyl (C=O) groups is 3. The number of ether oxygens (including phenoxy) is 3. The van der Waals surface area contributed by atoms with Crippen LogP contribution in [0.4, 0.5) is 0 Å². The van der Waals surface area contributed by atoms with Crippen LogP contribution < -0.4 is 0 Å². The highest BCUT2D eigenvalue weighted by atomic mass is 16.6. The molecule has 0 radical (unpaired) electrons. The van der Waals surface area contributed by atoms with Crippen molar-refractivity contribution in [2.45, 2.75) is 303 Å². The smallest absolute Gasteiger partial charge is 0.306 e. The normalized spacial score (nSPS) is 12.1. The molecule has 0 saturated carbocycles. The van der Waals surface area contributed by atoms with Gasteiger partial charge in [0.25, 0.3) is 0 Å². The van der Waals surface area contributed by atoms with Crippen molar-refractivity contribution in [2.24, 2.45) is 0 Å². The predicted octanol–water partition coefficient (Wildman–Crippen LogP) is 17.9. The Hall–Kier alpha value is -2.11. The Morgan fingerprint density at radius 2 is 0.597 bits per heavy atom. The fourth-order valence-electron chi connectivity index (χ4n) is 8.05. The zero-order chi connectivity index (χ0) is 45.1. The summed E-state index contributed by atoms with van der Waals surface area (Å²) in [6, 6.07) is 0. The lowest BCUT2D eigenvalue weighted by Gasteiger charge is -2.18. The summed E-state index contributed by atoms with van der Waals surface area (Å²) in [5.74, 6) is -0.870. The summed E-state index contributed by atoms with van der Waals surface area (Å²) >= 11 is 0. The van der Waals surface area contributed by atoms with E-state index in [0.29, 0.717) is 19.3 Å². The molecule has 0 heterocycles. The Bertz CT molecular complexity index is 1000. The molecule has 0 aliphatic heterocycles. The topological polar surface area (TPSA) is 78.9 Å². The van der Waals surface area contributed by atoms with Crippen molar-refractivity contribution in [2.75, 3.05) is 13.2 Å². The molecular weight excluding hydrogens is 769 g/mol. The molecule has 0 rings (SSSR count). The summed E-state index contributed by atoms with van der Waals surface area (Å²) in [4.78, 5) is 38.0. The average molecular weight is 873 g/mol.